The molecule has 1 aromatic carbocycles. The largest absolute Gasteiger partial charge is 0.399 e. The number of fused-ring (bicyclic) bond motifs is 1. The number of nitrogens with two attached hydrogens (primary N) is 1. The number of carbonyl (C=O) groups excluding carboxylic acids is 1. The van der Waals surface area contributed by atoms with Gasteiger partial charge in [-0.25, -0.2) is 8.42 Å². The topological polar surface area (TPSA) is 118 Å². The van der Waals surface area contributed by atoms with Gasteiger partial charge in [-0.3, -0.25) is 9.89 Å². The van der Waals surface area contributed by atoms with Crippen LogP contribution in [0.5, 0.6) is 0 Å². The minimum absolute atomic E-state index is 0.0499. The molecular weight excluding hydrogens is 268 g/mol. The summed E-state index contributed by atoms with van der Waals surface area (Å²) in [5, 5.41) is 9.75. The Hall–Kier alpha value is -2.09. The Morgan fingerprint density at radius 1 is 1.47 bits per heavy atom. The summed E-state index contributed by atoms with van der Waals surface area (Å²) in [5.74, 6) is -0.538. The Labute approximate surface area is 110 Å². The van der Waals surface area contributed by atoms with Crippen molar-refractivity contribution in [3.8, 4) is 0 Å². The first-order valence-corrected chi connectivity index (χ1v) is 7.62. The molecule has 2 rings (SSSR count). The van der Waals surface area contributed by atoms with E-state index >= 15 is 0 Å². The van der Waals surface area contributed by atoms with Crippen LogP contribution in [0.2, 0.25) is 0 Å². The first kappa shape index (κ1) is 13.3. The van der Waals surface area contributed by atoms with Crippen molar-refractivity contribution in [1.82, 2.24) is 15.5 Å². The van der Waals surface area contributed by atoms with Gasteiger partial charge in [-0.2, -0.15) is 5.10 Å². The number of benzene rings is 1. The normalized spacial score (nSPS) is 11.6. The number of nitrogens with one attached hydrogen (secondary N) is 2. The van der Waals surface area contributed by atoms with E-state index in [1.54, 1.807) is 18.2 Å². The predicted octanol–water partition coefficient (Wildman–Crippen LogP) is -0.0805. The van der Waals surface area contributed by atoms with Crippen molar-refractivity contribution in [3.63, 3.8) is 0 Å². The first-order chi connectivity index (χ1) is 8.87. The van der Waals surface area contributed by atoms with Gasteiger partial charge in [0, 0.05) is 23.9 Å². The second-order valence-electron chi connectivity index (χ2n) is 4.26. The second-order valence-corrected chi connectivity index (χ2v) is 6.52. The Kier molecular flexibility index (Phi) is 3.43. The molecule has 0 fully saturated rings. The van der Waals surface area contributed by atoms with Crippen molar-refractivity contribution in [1.29, 1.82) is 0 Å². The van der Waals surface area contributed by atoms with Crippen LogP contribution in [0.15, 0.2) is 18.2 Å². The number of aromatic nitrogens is 2. The van der Waals surface area contributed by atoms with Crippen molar-refractivity contribution < 1.29 is 13.2 Å². The highest BCUT2D eigenvalue weighted by Gasteiger charge is 2.14. The zero-order chi connectivity index (χ0) is 14.0. The Morgan fingerprint density at radius 3 is 2.89 bits per heavy atom. The van der Waals surface area contributed by atoms with E-state index in [0.29, 0.717) is 16.6 Å². The van der Waals surface area contributed by atoms with Gasteiger partial charge >= 0.3 is 0 Å². The molecule has 1 amide bonds. The van der Waals surface area contributed by atoms with E-state index in [1.807, 2.05) is 0 Å². The fourth-order valence-corrected chi connectivity index (χ4v) is 2.11. The minimum atomic E-state index is -3.10. The fraction of sp³-hybridized carbons (Fsp3) is 0.273. The van der Waals surface area contributed by atoms with Crippen molar-refractivity contribution in [3.05, 3.63) is 23.9 Å². The van der Waals surface area contributed by atoms with Gasteiger partial charge in [-0.1, -0.05) is 0 Å². The van der Waals surface area contributed by atoms with E-state index < -0.39 is 15.7 Å². The number of nitrogen functional groups attached to an aromatic ring is 1. The van der Waals surface area contributed by atoms with Gasteiger partial charge in [0.2, 0.25) is 0 Å². The summed E-state index contributed by atoms with van der Waals surface area (Å²) >= 11 is 0. The number of hydrogen-bond donors (Lipinski definition) is 3. The number of hydrogen-bond acceptors (Lipinski definition) is 5. The molecule has 0 aliphatic carbocycles. The van der Waals surface area contributed by atoms with Crippen LogP contribution in [0, 0.1) is 0 Å². The quantitative estimate of drug-likeness (QED) is 0.678. The van der Waals surface area contributed by atoms with Crippen LogP contribution in [-0.4, -0.2) is 43.1 Å². The molecule has 8 heteroatoms. The van der Waals surface area contributed by atoms with Crippen LogP contribution in [0.3, 0.4) is 0 Å². The van der Waals surface area contributed by atoms with Crippen LogP contribution >= 0.6 is 0 Å². The van der Waals surface area contributed by atoms with Gasteiger partial charge in [-0.05, 0) is 18.2 Å². The van der Waals surface area contributed by atoms with Crippen molar-refractivity contribution in [2.45, 2.75) is 0 Å². The molecule has 0 unspecified atom stereocenters. The van der Waals surface area contributed by atoms with E-state index in [2.05, 4.69) is 15.5 Å². The van der Waals surface area contributed by atoms with Gasteiger partial charge in [0.1, 0.15) is 9.84 Å². The smallest absolute Gasteiger partial charge is 0.272 e. The highest BCUT2D eigenvalue weighted by Crippen LogP contribution is 2.18. The number of amides is 1. The van der Waals surface area contributed by atoms with Crippen molar-refractivity contribution >= 4 is 32.3 Å². The Balaban J connectivity index is 2.15. The number of rotatable bonds is 4. The van der Waals surface area contributed by atoms with Crippen LogP contribution in [0.1, 0.15) is 10.5 Å². The third kappa shape index (κ3) is 3.22. The summed E-state index contributed by atoms with van der Waals surface area (Å²) in [4.78, 5) is 11.9. The maximum atomic E-state index is 11.9. The Bertz CT molecular complexity index is 721. The molecule has 2 aromatic rings. The SMILES string of the molecule is CS(=O)(=O)CCNC(=O)c1n[nH]c2ccc(N)cc12. The molecule has 102 valence electrons. The molecule has 0 saturated heterocycles. The monoisotopic (exact) mass is 282 g/mol. The summed E-state index contributed by atoms with van der Waals surface area (Å²) in [7, 11) is -3.10. The first-order valence-electron chi connectivity index (χ1n) is 5.56. The predicted molar refractivity (Wildman–Crippen MR) is 72.6 cm³/mol. The number of sulfone groups is 1. The lowest BCUT2D eigenvalue weighted by Gasteiger charge is -2.02. The van der Waals surface area contributed by atoms with E-state index in [0.717, 1.165) is 6.26 Å². The number of carbonyl (C=O) groups is 1. The molecule has 1 aromatic heterocycles. The van der Waals surface area contributed by atoms with Crippen LogP contribution < -0.4 is 11.1 Å². The van der Waals surface area contributed by atoms with Crippen LogP contribution in [0.4, 0.5) is 5.69 Å². The molecular formula is C11H14N4O3S. The molecule has 1 heterocycles. The molecule has 4 N–H and O–H groups in total. The Morgan fingerprint density at radius 2 is 2.21 bits per heavy atom. The summed E-state index contributed by atoms with van der Waals surface area (Å²) in [6.45, 7) is 0.0499. The molecule has 0 aliphatic rings. The lowest BCUT2D eigenvalue weighted by atomic mass is 10.2. The fourth-order valence-electron chi connectivity index (χ4n) is 1.64. The summed E-state index contributed by atoms with van der Waals surface area (Å²) in [6, 6.07) is 5.07. The average Bonchev–Trinajstić information content (AvgIpc) is 2.69. The maximum Gasteiger partial charge on any atom is 0.272 e. The molecule has 0 radical (unpaired) electrons. The third-order valence-electron chi connectivity index (χ3n) is 2.56. The summed E-state index contributed by atoms with van der Waals surface area (Å²) < 4.78 is 21.9. The van der Waals surface area contributed by atoms with Crippen molar-refractivity contribution in [2.75, 3.05) is 24.3 Å². The molecule has 7 nitrogen and oxygen atoms in total. The van der Waals surface area contributed by atoms with Crippen LogP contribution in [-0.2, 0) is 9.84 Å². The third-order valence-corrected chi connectivity index (χ3v) is 3.51. The van der Waals surface area contributed by atoms with Crippen LogP contribution in [0.25, 0.3) is 10.9 Å². The highest BCUT2D eigenvalue weighted by atomic mass is 32.2. The number of H-pyrrole nitrogens is 1. The number of nitrogens with zero attached hydrogens (tertiary/aromatic N) is 1. The lowest BCUT2D eigenvalue weighted by Crippen LogP contribution is -2.29. The zero-order valence-electron chi connectivity index (χ0n) is 10.3. The molecule has 0 atom stereocenters. The van der Waals surface area contributed by atoms with Crippen molar-refractivity contribution in [2.24, 2.45) is 0 Å². The maximum absolute atomic E-state index is 11.9. The highest BCUT2D eigenvalue weighted by molar-refractivity contribution is 7.90. The van der Waals surface area contributed by atoms with E-state index in [4.69, 9.17) is 5.73 Å². The minimum Gasteiger partial charge on any atom is -0.399 e. The molecule has 0 spiro atoms. The molecule has 0 aliphatic heterocycles. The molecule has 0 saturated carbocycles. The van der Waals surface area contributed by atoms with Gasteiger partial charge in [0.15, 0.2) is 5.69 Å². The van der Waals surface area contributed by atoms with Gasteiger partial charge in [-0.15, -0.1) is 0 Å². The second kappa shape index (κ2) is 4.88. The molecule has 19 heavy (non-hydrogen) atoms. The number of aromatic amines is 1. The zero-order valence-corrected chi connectivity index (χ0v) is 11.1. The average molecular weight is 282 g/mol. The van der Waals surface area contributed by atoms with E-state index in [9.17, 15) is 13.2 Å². The molecule has 0 bridgehead atoms. The van der Waals surface area contributed by atoms with Gasteiger partial charge < -0.3 is 11.1 Å². The lowest BCUT2D eigenvalue weighted by molar-refractivity contribution is 0.0953. The van der Waals surface area contributed by atoms with E-state index in [1.165, 1.54) is 0 Å². The van der Waals surface area contributed by atoms with E-state index in [-0.39, 0.29) is 18.0 Å². The van der Waals surface area contributed by atoms with Gasteiger partial charge in [0.25, 0.3) is 5.91 Å². The standard InChI is InChI=1S/C11H14N4O3S/c1-19(17,18)5-4-13-11(16)10-8-6-7(12)2-3-9(8)14-15-10/h2-3,6H,4-5,12H2,1H3,(H,13,16)(H,14,15). The van der Waals surface area contributed by atoms with Gasteiger partial charge in [0.05, 0.1) is 11.3 Å². The summed E-state index contributed by atoms with van der Waals surface area (Å²) in [5.41, 5.74) is 7.08. The number of anilines is 1. The summed E-state index contributed by atoms with van der Waals surface area (Å²) in [6.07, 6.45) is 1.11.